The second kappa shape index (κ2) is 5.43. The van der Waals surface area contributed by atoms with Crippen LogP contribution in [-0.2, 0) is 9.32 Å². The van der Waals surface area contributed by atoms with E-state index in [-0.39, 0.29) is 25.8 Å². The molecule has 0 bridgehead atoms. The zero-order valence-corrected chi connectivity index (χ0v) is 15.0. The summed E-state index contributed by atoms with van der Waals surface area (Å²) in [5.74, 6) is 0.186. The van der Waals surface area contributed by atoms with Crippen molar-refractivity contribution in [1.29, 1.82) is 0 Å². The van der Waals surface area contributed by atoms with Crippen LogP contribution in [0.2, 0.25) is 0 Å². The highest BCUT2D eigenvalue weighted by Crippen LogP contribution is 2.68. The number of Topliss-reactive ketones (excluding diaryl/α,β-unsaturated/α-hetero) is 1. The Morgan fingerprint density at radius 1 is 1.60 bits per heavy atom. The Bertz CT molecular complexity index is 446. The first-order valence-corrected chi connectivity index (χ1v) is 10.0. The minimum atomic E-state index is -1.05. The monoisotopic (exact) mass is 316 g/mol. The second-order valence-electron chi connectivity index (χ2n) is 6.71. The van der Waals surface area contributed by atoms with E-state index in [9.17, 15) is 9.90 Å². The molecule has 3 nitrogen and oxygen atoms in total. The highest BCUT2D eigenvalue weighted by molar-refractivity contribution is 8.00. The quantitative estimate of drug-likeness (QED) is 0.636. The van der Waals surface area contributed by atoms with Gasteiger partial charge in [-0.25, -0.2) is 0 Å². The number of rotatable bonds is 4. The normalized spacial score (nSPS) is 40.8. The molecule has 2 aliphatic rings. The van der Waals surface area contributed by atoms with Gasteiger partial charge >= 0.3 is 0 Å². The van der Waals surface area contributed by atoms with Gasteiger partial charge in [-0.05, 0) is 31.6 Å². The number of allylic oxidation sites excluding steroid dienone is 1. The summed E-state index contributed by atoms with van der Waals surface area (Å²) in [6.07, 6.45) is 4.43. The molecule has 5 unspecified atom stereocenters. The van der Waals surface area contributed by atoms with Crippen LogP contribution in [0.25, 0.3) is 0 Å². The maximum absolute atomic E-state index is 12.8. The molecule has 5 heteroatoms. The van der Waals surface area contributed by atoms with E-state index in [2.05, 4.69) is 35.8 Å². The van der Waals surface area contributed by atoms with Crippen molar-refractivity contribution in [2.75, 3.05) is 0 Å². The van der Waals surface area contributed by atoms with Crippen LogP contribution in [-0.4, -0.2) is 22.6 Å². The Hall–Kier alpha value is 0.190. The van der Waals surface area contributed by atoms with Crippen LogP contribution in [0.4, 0.5) is 0 Å². The summed E-state index contributed by atoms with van der Waals surface area (Å²) in [6.45, 7) is 8.27. The predicted molar refractivity (Wildman–Crippen MR) is 87.0 cm³/mol. The minimum absolute atomic E-state index is 0.186. The third-order valence-electron chi connectivity index (χ3n) is 5.36. The van der Waals surface area contributed by atoms with Crippen molar-refractivity contribution >= 4 is 23.2 Å². The van der Waals surface area contributed by atoms with Gasteiger partial charge in [0.25, 0.3) is 0 Å². The standard InChI is InChI=1S/C15H26O3P2/c1-5-6-10(2)15-11(16)7-8-14(15,17)12(18-20-19)9-13(15,3)4/h6,12,17,20H,5,7-9,19H2,1-4H3/b10-6+. The summed E-state index contributed by atoms with van der Waals surface area (Å²) in [6, 6.07) is 0. The maximum Gasteiger partial charge on any atom is 0.146 e. The van der Waals surface area contributed by atoms with Gasteiger partial charge in [-0.1, -0.05) is 41.3 Å². The number of fused-ring (bicyclic) bond motifs is 1. The van der Waals surface area contributed by atoms with Gasteiger partial charge in [0.05, 0.1) is 11.5 Å². The number of ketones is 1. The zero-order valence-electron chi connectivity index (χ0n) is 12.8. The Labute approximate surface area is 125 Å². The fourth-order valence-electron chi connectivity index (χ4n) is 4.85. The first kappa shape index (κ1) is 16.6. The highest BCUT2D eigenvalue weighted by Gasteiger charge is 2.74. The fraction of sp³-hybridized carbons (Fsp3) is 0.800. The van der Waals surface area contributed by atoms with E-state index < -0.39 is 11.0 Å². The molecule has 1 N–H and O–H groups in total. The summed E-state index contributed by atoms with van der Waals surface area (Å²) in [5, 5.41) is 11.4. The van der Waals surface area contributed by atoms with Crippen molar-refractivity contribution < 1.29 is 14.4 Å². The molecular formula is C15H26O3P2. The lowest BCUT2D eigenvalue weighted by Crippen LogP contribution is -2.54. The van der Waals surface area contributed by atoms with Crippen molar-refractivity contribution in [2.45, 2.75) is 65.1 Å². The first-order valence-electron chi connectivity index (χ1n) is 7.32. The molecule has 0 aromatic rings. The van der Waals surface area contributed by atoms with Crippen molar-refractivity contribution in [3.8, 4) is 0 Å². The molecular weight excluding hydrogens is 290 g/mol. The molecule has 0 aromatic carbocycles. The number of carbonyl (C=O) groups excluding carboxylic acids is 1. The number of hydrogen-bond donors (Lipinski definition) is 1. The molecule has 0 aliphatic heterocycles. The molecule has 0 aromatic heterocycles. The highest BCUT2D eigenvalue weighted by atomic mass is 32.0. The minimum Gasteiger partial charge on any atom is -0.386 e. The lowest BCUT2D eigenvalue weighted by molar-refractivity contribution is -0.141. The van der Waals surface area contributed by atoms with Crippen LogP contribution in [0.15, 0.2) is 11.6 Å². The molecule has 2 rings (SSSR count). The topological polar surface area (TPSA) is 46.5 Å². The average Bonchev–Trinajstić information content (AvgIpc) is 2.72. The second-order valence-corrected chi connectivity index (χ2v) is 7.88. The molecule has 2 saturated carbocycles. The predicted octanol–water partition coefficient (Wildman–Crippen LogP) is 3.62. The summed E-state index contributed by atoms with van der Waals surface area (Å²) in [5.41, 5.74) is -1.08. The van der Waals surface area contributed by atoms with Crippen LogP contribution in [0.1, 0.15) is 53.4 Å². The number of hydrogen-bond acceptors (Lipinski definition) is 3. The SMILES string of the molecule is CC/C=C(\C)C12C(=O)CCC1(O)C(OPP)CC2(C)C. The molecule has 0 amide bonds. The van der Waals surface area contributed by atoms with Crippen LogP contribution < -0.4 is 0 Å². The van der Waals surface area contributed by atoms with E-state index in [4.69, 9.17) is 4.52 Å². The lowest BCUT2D eigenvalue weighted by Gasteiger charge is -2.45. The van der Waals surface area contributed by atoms with Crippen molar-refractivity contribution in [2.24, 2.45) is 10.8 Å². The third-order valence-corrected chi connectivity index (χ3v) is 6.19. The fourth-order valence-corrected chi connectivity index (χ4v) is 5.78. The summed E-state index contributed by atoms with van der Waals surface area (Å²) in [4.78, 5) is 12.8. The Balaban J connectivity index is 2.62. The van der Waals surface area contributed by atoms with Crippen molar-refractivity contribution in [1.82, 2.24) is 0 Å². The maximum atomic E-state index is 12.8. The largest absolute Gasteiger partial charge is 0.386 e. The lowest BCUT2D eigenvalue weighted by atomic mass is 9.59. The van der Waals surface area contributed by atoms with Gasteiger partial charge in [-0.15, -0.1) is 0 Å². The van der Waals surface area contributed by atoms with Crippen molar-refractivity contribution in [3.63, 3.8) is 0 Å². The third kappa shape index (κ3) is 1.90. The van der Waals surface area contributed by atoms with E-state index in [1.165, 1.54) is 0 Å². The Morgan fingerprint density at radius 3 is 2.80 bits per heavy atom. The molecule has 2 aliphatic carbocycles. The van der Waals surface area contributed by atoms with Crippen LogP contribution in [0.3, 0.4) is 0 Å². The van der Waals surface area contributed by atoms with E-state index in [1.54, 1.807) is 0 Å². The van der Waals surface area contributed by atoms with Crippen LogP contribution in [0.5, 0.6) is 0 Å². The molecule has 114 valence electrons. The first-order chi connectivity index (χ1) is 9.28. The van der Waals surface area contributed by atoms with Crippen LogP contribution >= 0.6 is 17.4 Å². The van der Waals surface area contributed by atoms with E-state index in [0.717, 1.165) is 18.4 Å². The molecule has 0 saturated heterocycles. The van der Waals surface area contributed by atoms with Gasteiger partial charge in [0.1, 0.15) is 11.4 Å². The zero-order chi connectivity index (χ0) is 15.2. The van der Waals surface area contributed by atoms with Gasteiger partial charge in [0.15, 0.2) is 0 Å². The van der Waals surface area contributed by atoms with Gasteiger partial charge < -0.3 is 9.63 Å². The Kier molecular flexibility index (Phi) is 4.50. The summed E-state index contributed by atoms with van der Waals surface area (Å²) >= 11 is 0. The van der Waals surface area contributed by atoms with Gasteiger partial charge in [-0.3, -0.25) is 4.79 Å². The summed E-state index contributed by atoms with van der Waals surface area (Å²) < 4.78 is 5.82. The van der Waals surface area contributed by atoms with Crippen LogP contribution in [0, 0.1) is 10.8 Å². The average molecular weight is 316 g/mol. The number of aliphatic hydroxyl groups is 1. The number of carbonyl (C=O) groups is 1. The molecule has 5 atom stereocenters. The smallest absolute Gasteiger partial charge is 0.146 e. The Morgan fingerprint density at radius 2 is 2.25 bits per heavy atom. The molecule has 0 spiro atoms. The van der Waals surface area contributed by atoms with Gasteiger partial charge in [0.2, 0.25) is 0 Å². The van der Waals surface area contributed by atoms with E-state index in [1.807, 2.05) is 6.92 Å². The van der Waals surface area contributed by atoms with Gasteiger partial charge in [-0.2, -0.15) is 0 Å². The van der Waals surface area contributed by atoms with Crippen molar-refractivity contribution in [3.05, 3.63) is 11.6 Å². The van der Waals surface area contributed by atoms with E-state index >= 15 is 0 Å². The molecule has 0 heterocycles. The molecule has 20 heavy (non-hydrogen) atoms. The van der Waals surface area contributed by atoms with E-state index in [0.29, 0.717) is 12.8 Å². The van der Waals surface area contributed by atoms with Gasteiger partial charge in [0, 0.05) is 14.9 Å². The molecule has 2 fully saturated rings. The molecule has 0 radical (unpaired) electrons. The summed E-state index contributed by atoms with van der Waals surface area (Å²) in [7, 11) is 2.82.